The Labute approximate surface area is 135 Å². The molecule has 2 nitrogen and oxygen atoms in total. The van der Waals surface area contributed by atoms with E-state index in [1.54, 1.807) is 30.5 Å². The van der Waals surface area contributed by atoms with Crippen molar-refractivity contribution in [3.05, 3.63) is 59.2 Å². The summed E-state index contributed by atoms with van der Waals surface area (Å²) in [5.74, 6) is -0.262. The van der Waals surface area contributed by atoms with Crippen LogP contribution in [0.2, 0.25) is 5.02 Å². The number of hydrogen-bond acceptors (Lipinski definition) is 2. The molecule has 0 bridgehead atoms. The molecule has 0 saturated heterocycles. The molecule has 0 fully saturated rings. The Bertz CT molecular complexity index is 860. The van der Waals surface area contributed by atoms with Crippen LogP contribution in [0.5, 0.6) is 5.75 Å². The van der Waals surface area contributed by atoms with E-state index in [2.05, 4.69) is 9.72 Å². The second-order valence-corrected chi connectivity index (χ2v) is 5.41. The molecule has 6 heteroatoms. The molecule has 0 saturated carbocycles. The highest BCUT2D eigenvalue weighted by Gasteiger charge is 2.31. The van der Waals surface area contributed by atoms with Crippen molar-refractivity contribution in [2.45, 2.75) is 13.3 Å². The zero-order valence-electron chi connectivity index (χ0n) is 12.0. The number of pyridine rings is 1. The van der Waals surface area contributed by atoms with Gasteiger partial charge in [-0.05, 0) is 47.9 Å². The van der Waals surface area contributed by atoms with Gasteiger partial charge >= 0.3 is 6.36 Å². The minimum Gasteiger partial charge on any atom is -0.406 e. The highest BCUT2D eigenvalue weighted by molar-refractivity contribution is 6.33. The van der Waals surface area contributed by atoms with Gasteiger partial charge in [0.25, 0.3) is 0 Å². The minimum absolute atomic E-state index is 0.262. The zero-order valence-corrected chi connectivity index (χ0v) is 12.7. The van der Waals surface area contributed by atoms with Crippen LogP contribution < -0.4 is 4.74 Å². The molecule has 118 valence electrons. The summed E-state index contributed by atoms with van der Waals surface area (Å²) in [6.45, 7) is 1.88. The number of ether oxygens (including phenoxy) is 1. The van der Waals surface area contributed by atoms with E-state index in [4.69, 9.17) is 11.6 Å². The minimum atomic E-state index is -4.70. The SMILES string of the molecule is Cc1c(Cl)cc(-c2ccc(OC(F)(F)F)cc2)c2cccnc12. The lowest BCUT2D eigenvalue weighted by molar-refractivity contribution is -0.274. The second kappa shape index (κ2) is 5.74. The second-order valence-electron chi connectivity index (χ2n) is 5.00. The fourth-order valence-corrected chi connectivity index (χ4v) is 2.62. The first-order valence-electron chi connectivity index (χ1n) is 6.75. The normalized spacial score (nSPS) is 11.7. The van der Waals surface area contributed by atoms with Gasteiger partial charge in [0.05, 0.1) is 5.52 Å². The number of alkyl halides is 3. The van der Waals surface area contributed by atoms with E-state index in [0.717, 1.165) is 27.6 Å². The molecule has 0 aliphatic rings. The topological polar surface area (TPSA) is 22.1 Å². The van der Waals surface area contributed by atoms with Crippen LogP contribution in [0.25, 0.3) is 22.0 Å². The molecule has 0 amide bonds. The van der Waals surface area contributed by atoms with Gasteiger partial charge in [-0.15, -0.1) is 13.2 Å². The predicted molar refractivity (Wildman–Crippen MR) is 83.6 cm³/mol. The van der Waals surface area contributed by atoms with Gasteiger partial charge in [-0.3, -0.25) is 4.98 Å². The lowest BCUT2D eigenvalue weighted by Gasteiger charge is -2.12. The summed E-state index contributed by atoms with van der Waals surface area (Å²) in [4.78, 5) is 4.34. The van der Waals surface area contributed by atoms with E-state index in [-0.39, 0.29) is 5.75 Å². The van der Waals surface area contributed by atoms with E-state index in [0.29, 0.717) is 5.02 Å². The molecular weight excluding hydrogens is 327 g/mol. The van der Waals surface area contributed by atoms with Crippen LogP contribution >= 0.6 is 11.6 Å². The first-order chi connectivity index (χ1) is 10.8. The van der Waals surface area contributed by atoms with Crippen LogP contribution in [0.15, 0.2) is 48.7 Å². The van der Waals surface area contributed by atoms with Crippen molar-refractivity contribution in [3.8, 4) is 16.9 Å². The van der Waals surface area contributed by atoms with Gasteiger partial charge in [-0.25, -0.2) is 0 Å². The summed E-state index contributed by atoms with van der Waals surface area (Å²) in [7, 11) is 0. The van der Waals surface area contributed by atoms with Crippen molar-refractivity contribution in [3.63, 3.8) is 0 Å². The maximum Gasteiger partial charge on any atom is 0.573 e. The molecule has 23 heavy (non-hydrogen) atoms. The Morgan fingerprint density at radius 1 is 1.09 bits per heavy atom. The van der Waals surface area contributed by atoms with Crippen molar-refractivity contribution in [2.24, 2.45) is 0 Å². The number of aromatic nitrogens is 1. The molecule has 3 rings (SSSR count). The summed E-state index contributed by atoms with van der Waals surface area (Å²) in [5.41, 5.74) is 3.18. The Kier molecular flexibility index (Phi) is 3.90. The number of nitrogens with zero attached hydrogens (tertiary/aromatic N) is 1. The zero-order chi connectivity index (χ0) is 16.6. The van der Waals surface area contributed by atoms with Crippen LogP contribution in [-0.4, -0.2) is 11.3 Å². The van der Waals surface area contributed by atoms with Crippen molar-refractivity contribution in [1.82, 2.24) is 4.98 Å². The number of halogens is 4. The van der Waals surface area contributed by atoms with Gasteiger partial charge in [0.2, 0.25) is 0 Å². The summed E-state index contributed by atoms with van der Waals surface area (Å²) in [5, 5.41) is 1.45. The maximum absolute atomic E-state index is 12.2. The molecule has 2 aromatic carbocycles. The van der Waals surface area contributed by atoms with Gasteiger partial charge < -0.3 is 4.74 Å². The largest absolute Gasteiger partial charge is 0.573 e. The van der Waals surface area contributed by atoms with E-state index in [9.17, 15) is 13.2 Å². The van der Waals surface area contributed by atoms with E-state index in [1.807, 2.05) is 13.0 Å². The van der Waals surface area contributed by atoms with E-state index < -0.39 is 6.36 Å². The lowest BCUT2D eigenvalue weighted by Crippen LogP contribution is -2.16. The maximum atomic E-state index is 12.2. The summed E-state index contributed by atoms with van der Waals surface area (Å²) in [6, 6.07) is 11.2. The number of hydrogen-bond donors (Lipinski definition) is 0. The van der Waals surface area contributed by atoms with Crippen LogP contribution in [0.1, 0.15) is 5.56 Å². The van der Waals surface area contributed by atoms with Crippen LogP contribution in [0, 0.1) is 6.92 Å². The third kappa shape index (κ3) is 3.24. The highest BCUT2D eigenvalue weighted by Crippen LogP contribution is 2.35. The fourth-order valence-electron chi connectivity index (χ4n) is 2.42. The molecule has 1 aromatic heterocycles. The summed E-state index contributed by atoms with van der Waals surface area (Å²) >= 11 is 6.25. The Morgan fingerprint density at radius 2 is 1.78 bits per heavy atom. The average molecular weight is 338 g/mol. The molecule has 0 unspecified atom stereocenters. The number of rotatable bonds is 2. The molecular formula is C17H11ClF3NO. The molecule has 0 spiro atoms. The van der Waals surface area contributed by atoms with Crippen molar-refractivity contribution in [1.29, 1.82) is 0 Å². The smallest absolute Gasteiger partial charge is 0.406 e. The first kappa shape index (κ1) is 15.6. The van der Waals surface area contributed by atoms with Crippen molar-refractivity contribution in [2.75, 3.05) is 0 Å². The Balaban J connectivity index is 2.09. The van der Waals surface area contributed by atoms with Gasteiger partial charge in [0, 0.05) is 16.6 Å². The number of aryl methyl sites for hydroxylation is 1. The first-order valence-corrected chi connectivity index (χ1v) is 7.13. The van der Waals surface area contributed by atoms with E-state index in [1.165, 1.54) is 12.1 Å². The standard InChI is InChI=1S/C17H11ClF3NO/c1-10-15(18)9-14(13-3-2-8-22-16(10)13)11-4-6-12(7-5-11)23-17(19,20)21/h2-9H,1H3. The molecule has 3 aromatic rings. The molecule has 0 aliphatic carbocycles. The van der Waals surface area contributed by atoms with Crippen LogP contribution in [-0.2, 0) is 0 Å². The monoisotopic (exact) mass is 337 g/mol. The summed E-state index contributed by atoms with van der Waals surface area (Å²) < 4.78 is 40.6. The van der Waals surface area contributed by atoms with Crippen LogP contribution in [0.4, 0.5) is 13.2 Å². The van der Waals surface area contributed by atoms with Gasteiger partial charge in [0.1, 0.15) is 5.75 Å². The Morgan fingerprint density at radius 3 is 2.43 bits per heavy atom. The van der Waals surface area contributed by atoms with Crippen molar-refractivity contribution < 1.29 is 17.9 Å². The Hall–Kier alpha value is -2.27. The van der Waals surface area contributed by atoms with Gasteiger partial charge in [0.15, 0.2) is 0 Å². The highest BCUT2D eigenvalue weighted by atomic mass is 35.5. The fraction of sp³-hybridized carbons (Fsp3) is 0.118. The van der Waals surface area contributed by atoms with Gasteiger partial charge in [-0.1, -0.05) is 29.8 Å². The molecule has 0 radical (unpaired) electrons. The van der Waals surface area contributed by atoms with Crippen molar-refractivity contribution >= 4 is 22.5 Å². The number of fused-ring (bicyclic) bond motifs is 1. The van der Waals surface area contributed by atoms with Gasteiger partial charge in [-0.2, -0.15) is 0 Å². The molecule has 1 heterocycles. The third-order valence-electron chi connectivity index (χ3n) is 3.48. The predicted octanol–water partition coefficient (Wildman–Crippen LogP) is 5.76. The molecule has 0 atom stereocenters. The lowest BCUT2D eigenvalue weighted by atomic mass is 9.98. The average Bonchev–Trinajstić information content (AvgIpc) is 2.50. The molecule has 0 aliphatic heterocycles. The third-order valence-corrected chi connectivity index (χ3v) is 3.87. The number of benzene rings is 2. The molecule has 0 N–H and O–H groups in total. The van der Waals surface area contributed by atoms with E-state index >= 15 is 0 Å². The summed E-state index contributed by atoms with van der Waals surface area (Å²) in [6.07, 6.45) is -3.03. The van der Waals surface area contributed by atoms with Crippen LogP contribution in [0.3, 0.4) is 0 Å². The quantitative estimate of drug-likeness (QED) is 0.593.